The van der Waals surface area contributed by atoms with Crippen LogP contribution in [0.4, 0.5) is 4.39 Å². The quantitative estimate of drug-likeness (QED) is 0.867. The molecule has 1 atom stereocenters. The van der Waals surface area contributed by atoms with Gasteiger partial charge in [0.2, 0.25) is 0 Å². The highest BCUT2D eigenvalue weighted by atomic mass is 19.1. The molecule has 1 aliphatic rings. The summed E-state index contributed by atoms with van der Waals surface area (Å²) in [6.07, 6.45) is 1.95. The van der Waals surface area contributed by atoms with Crippen molar-refractivity contribution in [1.82, 2.24) is 4.90 Å². The molecule has 1 unspecified atom stereocenters. The van der Waals surface area contributed by atoms with E-state index in [0.29, 0.717) is 18.0 Å². The van der Waals surface area contributed by atoms with E-state index in [-0.39, 0.29) is 11.7 Å². The molecule has 1 amide bonds. The Morgan fingerprint density at radius 1 is 1.53 bits per heavy atom. The van der Waals surface area contributed by atoms with Gasteiger partial charge in [-0.3, -0.25) is 4.79 Å². The number of benzene rings is 1. The Morgan fingerprint density at radius 3 is 3.06 bits per heavy atom. The lowest BCUT2D eigenvalue weighted by molar-refractivity contribution is 0.0786. The second kappa shape index (κ2) is 5.27. The van der Waals surface area contributed by atoms with E-state index in [1.165, 1.54) is 12.1 Å². The first-order chi connectivity index (χ1) is 8.20. The standard InChI is InChI=1S/C13H17FN2O/c14-12-3-1-2-11(8-12)13(17)16-7-5-10(9-16)4-6-15/h1-3,8,10H,4-7,9,15H2. The van der Waals surface area contributed by atoms with E-state index in [0.717, 1.165) is 25.9 Å². The molecule has 1 heterocycles. The molecule has 2 N–H and O–H groups in total. The molecule has 0 spiro atoms. The summed E-state index contributed by atoms with van der Waals surface area (Å²) in [7, 11) is 0. The maximum atomic E-state index is 13.0. The third kappa shape index (κ3) is 2.82. The molecule has 17 heavy (non-hydrogen) atoms. The monoisotopic (exact) mass is 236 g/mol. The van der Waals surface area contributed by atoms with Gasteiger partial charge in [0.1, 0.15) is 5.82 Å². The van der Waals surface area contributed by atoms with Crippen LogP contribution >= 0.6 is 0 Å². The van der Waals surface area contributed by atoms with Crippen molar-refractivity contribution in [3.05, 3.63) is 35.6 Å². The molecule has 4 heteroatoms. The van der Waals surface area contributed by atoms with Crippen molar-refractivity contribution in [2.24, 2.45) is 11.7 Å². The van der Waals surface area contributed by atoms with Gasteiger partial charge in [-0.05, 0) is 43.5 Å². The van der Waals surface area contributed by atoms with E-state index < -0.39 is 0 Å². The van der Waals surface area contributed by atoms with Gasteiger partial charge in [-0.1, -0.05) is 6.07 Å². The van der Waals surface area contributed by atoms with E-state index >= 15 is 0 Å². The minimum Gasteiger partial charge on any atom is -0.338 e. The topological polar surface area (TPSA) is 46.3 Å². The molecule has 92 valence electrons. The lowest BCUT2D eigenvalue weighted by atomic mass is 10.1. The Kier molecular flexibility index (Phi) is 3.74. The number of amides is 1. The lowest BCUT2D eigenvalue weighted by Gasteiger charge is -2.16. The summed E-state index contributed by atoms with van der Waals surface area (Å²) in [4.78, 5) is 13.9. The van der Waals surface area contributed by atoms with E-state index in [4.69, 9.17) is 5.73 Å². The fourth-order valence-corrected chi connectivity index (χ4v) is 2.29. The lowest BCUT2D eigenvalue weighted by Crippen LogP contribution is -2.29. The molecule has 1 saturated heterocycles. The first-order valence-electron chi connectivity index (χ1n) is 5.95. The zero-order valence-corrected chi connectivity index (χ0v) is 9.73. The van der Waals surface area contributed by atoms with Gasteiger partial charge in [0.15, 0.2) is 0 Å². The Bertz CT molecular complexity index is 408. The molecular formula is C13H17FN2O. The van der Waals surface area contributed by atoms with Crippen LogP contribution in [0, 0.1) is 11.7 Å². The number of hydrogen-bond donors (Lipinski definition) is 1. The number of likely N-dealkylation sites (tertiary alicyclic amines) is 1. The van der Waals surface area contributed by atoms with E-state index in [9.17, 15) is 9.18 Å². The van der Waals surface area contributed by atoms with Gasteiger partial charge in [-0.25, -0.2) is 4.39 Å². The molecule has 0 bridgehead atoms. The normalized spacial score (nSPS) is 19.6. The number of hydrogen-bond acceptors (Lipinski definition) is 2. The maximum absolute atomic E-state index is 13.0. The van der Waals surface area contributed by atoms with Crippen molar-refractivity contribution >= 4 is 5.91 Å². The van der Waals surface area contributed by atoms with Gasteiger partial charge in [-0.2, -0.15) is 0 Å². The first kappa shape index (κ1) is 12.0. The van der Waals surface area contributed by atoms with Gasteiger partial charge in [-0.15, -0.1) is 0 Å². The van der Waals surface area contributed by atoms with Gasteiger partial charge in [0.05, 0.1) is 0 Å². The van der Waals surface area contributed by atoms with E-state index in [2.05, 4.69) is 0 Å². The Morgan fingerprint density at radius 2 is 2.35 bits per heavy atom. The second-order valence-electron chi connectivity index (χ2n) is 4.49. The van der Waals surface area contributed by atoms with Gasteiger partial charge in [0.25, 0.3) is 5.91 Å². The zero-order valence-electron chi connectivity index (χ0n) is 9.73. The fourth-order valence-electron chi connectivity index (χ4n) is 2.29. The molecule has 3 nitrogen and oxygen atoms in total. The smallest absolute Gasteiger partial charge is 0.253 e. The van der Waals surface area contributed by atoms with Gasteiger partial charge < -0.3 is 10.6 Å². The van der Waals surface area contributed by atoms with Crippen molar-refractivity contribution in [2.75, 3.05) is 19.6 Å². The summed E-state index contributed by atoms with van der Waals surface area (Å²) >= 11 is 0. The van der Waals surface area contributed by atoms with Crippen molar-refractivity contribution in [3.63, 3.8) is 0 Å². The summed E-state index contributed by atoms with van der Waals surface area (Å²) < 4.78 is 13.0. The average molecular weight is 236 g/mol. The number of halogens is 1. The highest BCUT2D eigenvalue weighted by Crippen LogP contribution is 2.21. The molecular weight excluding hydrogens is 219 g/mol. The third-order valence-electron chi connectivity index (χ3n) is 3.22. The predicted octanol–water partition coefficient (Wildman–Crippen LogP) is 1.64. The summed E-state index contributed by atoms with van der Waals surface area (Å²) in [6, 6.07) is 5.86. The summed E-state index contributed by atoms with van der Waals surface area (Å²) in [5.74, 6) is 0.0510. The minimum absolute atomic E-state index is 0.0796. The molecule has 1 aromatic rings. The number of nitrogens with zero attached hydrogens (tertiary/aromatic N) is 1. The molecule has 0 aliphatic carbocycles. The van der Waals surface area contributed by atoms with Crippen molar-refractivity contribution in [2.45, 2.75) is 12.8 Å². The third-order valence-corrected chi connectivity index (χ3v) is 3.22. The molecule has 2 rings (SSSR count). The van der Waals surface area contributed by atoms with Gasteiger partial charge >= 0.3 is 0 Å². The van der Waals surface area contributed by atoms with Crippen LogP contribution in [0.2, 0.25) is 0 Å². The molecule has 0 saturated carbocycles. The Hall–Kier alpha value is -1.42. The molecule has 1 fully saturated rings. The van der Waals surface area contributed by atoms with E-state index in [1.54, 1.807) is 17.0 Å². The SMILES string of the molecule is NCCC1CCN(C(=O)c2cccc(F)c2)C1. The molecule has 0 aromatic heterocycles. The van der Waals surface area contributed by atoms with Crippen LogP contribution in [0.5, 0.6) is 0 Å². The van der Waals surface area contributed by atoms with Gasteiger partial charge in [0, 0.05) is 18.7 Å². The van der Waals surface area contributed by atoms with Crippen molar-refractivity contribution in [1.29, 1.82) is 0 Å². The Balaban J connectivity index is 2.02. The highest BCUT2D eigenvalue weighted by Gasteiger charge is 2.26. The summed E-state index contributed by atoms with van der Waals surface area (Å²) in [6.45, 7) is 2.15. The maximum Gasteiger partial charge on any atom is 0.253 e. The van der Waals surface area contributed by atoms with E-state index in [1.807, 2.05) is 0 Å². The predicted molar refractivity (Wildman–Crippen MR) is 64.1 cm³/mol. The second-order valence-corrected chi connectivity index (χ2v) is 4.49. The summed E-state index contributed by atoms with van der Waals surface area (Å²) in [5.41, 5.74) is 5.94. The molecule has 1 aliphatic heterocycles. The van der Waals surface area contributed by atoms with Crippen LogP contribution in [0.3, 0.4) is 0 Å². The number of nitrogens with two attached hydrogens (primary N) is 1. The number of carbonyl (C=O) groups is 1. The first-order valence-corrected chi connectivity index (χ1v) is 5.95. The summed E-state index contributed by atoms with van der Waals surface area (Å²) in [5, 5.41) is 0. The zero-order chi connectivity index (χ0) is 12.3. The molecule has 1 aromatic carbocycles. The van der Waals surface area contributed by atoms with Crippen molar-refractivity contribution in [3.8, 4) is 0 Å². The highest BCUT2D eigenvalue weighted by molar-refractivity contribution is 5.94. The number of carbonyl (C=O) groups excluding carboxylic acids is 1. The van der Waals surface area contributed by atoms with Crippen molar-refractivity contribution < 1.29 is 9.18 Å². The molecule has 0 radical (unpaired) electrons. The van der Waals surface area contributed by atoms with Crippen LogP contribution in [-0.2, 0) is 0 Å². The van der Waals surface area contributed by atoms with Crippen LogP contribution in [-0.4, -0.2) is 30.4 Å². The average Bonchev–Trinajstić information content (AvgIpc) is 2.77. The van der Waals surface area contributed by atoms with Crippen LogP contribution in [0.1, 0.15) is 23.2 Å². The number of rotatable bonds is 3. The van der Waals surface area contributed by atoms with Crippen LogP contribution in [0.15, 0.2) is 24.3 Å². The van der Waals surface area contributed by atoms with Crippen LogP contribution in [0.25, 0.3) is 0 Å². The Labute approximate surface area is 100 Å². The fraction of sp³-hybridized carbons (Fsp3) is 0.462. The van der Waals surface area contributed by atoms with Crippen LogP contribution < -0.4 is 5.73 Å². The largest absolute Gasteiger partial charge is 0.338 e. The minimum atomic E-state index is -0.367.